The number of ether oxygens (including phenoxy) is 1. The number of imide groups is 1. The van der Waals surface area contributed by atoms with Crippen molar-refractivity contribution in [3.8, 4) is 5.75 Å². The second-order valence-electron chi connectivity index (χ2n) is 8.79. The highest BCUT2D eigenvalue weighted by atomic mass is 19.1. The van der Waals surface area contributed by atoms with Crippen molar-refractivity contribution in [1.29, 1.82) is 0 Å². The molecule has 2 atom stereocenters. The number of hydrogen-bond donors (Lipinski definition) is 2. The normalized spacial score (nSPS) is 21.4. The van der Waals surface area contributed by atoms with Crippen LogP contribution in [0.2, 0.25) is 0 Å². The first-order chi connectivity index (χ1) is 16.3. The predicted octanol–water partition coefficient (Wildman–Crippen LogP) is 2.55. The Labute approximate surface area is 198 Å². The molecule has 2 aromatic rings. The van der Waals surface area contributed by atoms with Gasteiger partial charge in [-0.3, -0.25) is 19.4 Å². The van der Waals surface area contributed by atoms with Crippen LogP contribution >= 0.6 is 0 Å². The molecule has 2 saturated heterocycles. The Balaban J connectivity index is 1.43. The summed E-state index contributed by atoms with van der Waals surface area (Å²) in [6.07, 6.45) is 2.19. The van der Waals surface area contributed by atoms with Gasteiger partial charge in [0.2, 0.25) is 5.91 Å². The molecule has 2 fully saturated rings. The largest absolute Gasteiger partial charge is 0.497 e. The monoisotopic (exact) mass is 468 g/mol. The van der Waals surface area contributed by atoms with Gasteiger partial charge in [0, 0.05) is 6.54 Å². The van der Waals surface area contributed by atoms with Crippen LogP contribution in [-0.2, 0) is 15.1 Å². The Kier molecular flexibility index (Phi) is 6.83. The molecule has 0 aromatic heterocycles. The summed E-state index contributed by atoms with van der Waals surface area (Å²) in [5.41, 5.74) is 0.117. The molecule has 2 unspecified atom stereocenters. The second kappa shape index (κ2) is 9.80. The minimum absolute atomic E-state index is 0.0471. The van der Waals surface area contributed by atoms with E-state index in [-0.39, 0.29) is 6.04 Å². The van der Waals surface area contributed by atoms with Gasteiger partial charge in [0.25, 0.3) is 5.91 Å². The highest BCUT2D eigenvalue weighted by Gasteiger charge is 2.49. The van der Waals surface area contributed by atoms with Gasteiger partial charge < -0.3 is 15.4 Å². The van der Waals surface area contributed by atoms with Crippen LogP contribution in [0.5, 0.6) is 5.75 Å². The summed E-state index contributed by atoms with van der Waals surface area (Å²) in [6.45, 7) is 3.35. The highest BCUT2D eigenvalue weighted by Crippen LogP contribution is 2.29. The minimum atomic E-state index is -1.36. The SMILES string of the molecule is COc1cccc(C(CNC(=O)CN2C(=O)NC(C)(c3ccc(F)cc3)C2=O)N2CCCC2)c1. The van der Waals surface area contributed by atoms with Gasteiger partial charge in [0.15, 0.2) is 0 Å². The van der Waals surface area contributed by atoms with Gasteiger partial charge in [-0.05, 0) is 68.2 Å². The van der Waals surface area contributed by atoms with Crippen LogP contribution in [0.1, 0.15) is 36.9 Å². The Hall–Kier alpha value is -3.46. The zero-order valence-electron chi connectivity index (χ0n) is 19.3. The first-order valence-corrected chi connectivity index (χ1v) is 11.4. The molecule has 0 spiro atoms. The van der Waals surface area contributed by atoms with Crippen LogP contribution in [0.15, 0.2) is 48.5 Å². The summed E-state index contributed by atoms with van der Waals surface area (Å²) >= 11 is 0. The molecule has 180 valence electrons. The van der Waals surface area contributed by atoms with Crippen molar-refractivity contribution in [2.24, 2.45) is 0 Å². The lowest BCUT2D eigenvalue weighted by Crippen LogP contribution is -2.45. The van der Waals surface area contributed by atoms with E-state index in [1.807, 2.05) is 24.3 Å². The number of carbonyl (C=O) groups excluding carboxylic acids is 3. The van der Waals surface area contributed by atoms with Crippen molar-refractivity contribution >= 4 is 17.8 Å². The standard InChI is InChI=1S/C25H29FN4O4/c1-25(18-8-10-19(26)11-9-18)23(32)30(24(33)28-25)16-22(31)27-15-21(29-12-3-4-13-29)17-6-5-7-20(14-17)34-2/h5-11,14,21H,3-4,12-13,15-16H2,1-2H3,(H,27,31)(H,28,33). The van der Waals surface area contributed by atoms with E-state index in [0.717, 1.165) is 42.1 Å². The van der Waals surface area contributed by atoms with Gasteiger partial charge in [-0.25, -0.2) is 9.18 Å². The van der Waals surface area contributed by atoms with E-state index in [2.05, 4.69) is 15.5 Å². The molecular weight excluding hydrogens is 439 g/mol. The topological polar surface area (TPSA) is 91.0 Å². The van der Waals surface area contributed by atoms with E-state index in [1.54, 1.807) is 14.0 Å². The lowest BCUT2D eigenvalue weighted by molar-refractivity contribution is -0.134. The quantitative estimate of drug-likeness (QED) is 0.581. The van der Waals surface area contributed by atoms with Gasteiger partial charge in [0.1, 0.15) is 23.7 Å². The van der Waals surface area contributed by atoms with Crippen molar-refractivity contribution in [1.82, 2.24) is 20.4 Å². The Morgan fingerprint density at radius 3 is 2.56 bits per heavy atom. The maximum absolute atomic E-state index is 13.3. The molecule has 2 N–H and O–H groups in total. The van der Waals surface area contributed by atoms with Crippen molar-refractivity contribution in [3.05, 3.63) is 65.5 Å². The molecule has 2 heterocycles. The average Bonchev–Trinajstić information content (AvgIpc) is 3.43. The summed E-state index contributed by atoms with van der Waals surface area (Å²) in [7, 11) is 1.61. The second-order valence-corrected chi connectivity index (χ2v) is 8.79. The van der Waals surface area contributed by atoms with Crippen molar-refractivity contribution < 1.29 is 23.5 Å². The van der Waals surface area contributed by atoms with E-state index >= 15 is 0 Å². The summed E-state index contributed by atoms with van der Waals surface area (Å²) in [5, 5.41) is 5.53. The maximum Gasteiger partial charge on any atom is 0.325 e. The van der Waals surface area contributed by atoms with Gasteiger partial charge in [-0.1, -0.05) is 24.3 Å². The summed E-state index contributed by atoms with van der Waals surface area (Å²) in [5.74, 6) is -0.682. The van der Waals surface area contributed by atoms with Crippen LogP contribution in [-0.4, -0.2) is 60.9 Å². The average molecular weight is 469 g/mol. The number of nitrogens with one attached hydrogen (secondary N) is 2. The van der Waals surface area contributed by atoms with Crippen LogP contribution in [0.3, 0.4) is 0 Å². The molecule has 2 aliphatic heterocycles. The smallest absolute Gasteiger partial charge is 0.325 e. The fourth-order valence-electron chi connectivity index (χ4n) is 4.59. The molecule has 0 aliphatic carbocycles. The van der Waals surface area contributed by atoms with Crippen LogP contribution in [0.4, 0.5) is 9.18 Å². The molecule has 4 rings (SSSR count). The number of nitrogens with zero attached hydrogens (tertiary/aromatic N) is 2. The van der Waals surface area contributed by atoms with Gasteiger partial charge >= 0.3 is 6.03 Å². The number of urea groups is 1. The predicted molar refractivity (Wildman–Crippen MR) is 124 cm³/mol. The van der Waals surface area contributed by atoms with E-state index in [4.69, 9.17) is 4.74 Å². The fraction of sp³-hybridized carbons (Fsp3) is 0.400. The zero-order valence-corrected chi connectivity index (χ0v) is 19.3. The third-order valence-electron chi connectivity index (χ3n) is 6.55. The maximum atomic E-state index is 13.3. The molecule has 2 aromatic carbocycles. The number of amides is 4. The number of likely N-dealkylation sites (tertiary alicyclic amines) is 1. The molecule has 8 nitrogen and oxygen atoms in total. The van der Waals surface area contributed by atoms with Crippen LogP contribution in [0, 0.1) is 5.82 Å². The lowest BCUT2D eigenvalue weighted by Gasteiger charge is -2.28. The number of rotatable bonds is 8. The number of carbonyl (C=O) groups is 3. The van der Waals surface area contributed by atoms with Crippen molar-refractivity contribution in [2.45, 2.75) is 31.3 Å². The van der Waals surface area contributed by atoms with Crippen molar-refractivity contribution in [3.63, 3.8) is 0 Å². The molecule has 9 heteroatoms. The molecule has 0 radical (unpaired) electrons. The number of benzene rings is 2. The molecule has 0 saturated carbocycles. The molecule has 4 amide bonds. The van der Waals surface area contributed by atoms with Crippen molar-refractivity contribution in [2.75, 3.05) is 33.3 Å². The zero-order chi connectivity index (χ0) is 24.3. The van der Waals surface area contributed by atoms with Gasteiger partial charge in [0.05, 0.1) is 13.2 Å². The highest BCUT2D eigenvalue weighted by molar-refractivity contribution is 6.09. The molecule has 2 aliphatic rings. The first kappa shape index (κ1) is 23.7. The Morgan fingerprint density at radius 1 is 1.18 bits per heavy atom. The minimum Gasteiger partial charge on any atom is -0.497 e. The molecule has 0 bridgehead atoms. The van der Waals surface area contributed by atoms with E-state index in [9.17, 15) is 18.8 Å². The number of hydrogen-bond acceptors (Lipinski definition) is 5. The Bertz CT molecular complexity index is 1070. The fourth-order valence-corrected chi connectivity index (χ4v) is 4.59. The Morgan fingerprint density at radius 2 is 1.88 bits per heavy atom. The number of halogens is 1. The van der Waals surface area contributed by atoms with Crippen LogP contribution < -0.4 is 15.4 Å². The summed E-state index contributed by atoms with van der Waals surface area (Å²) in [4.78, 5) is 41.6. The lowest BCUT2D eigenvalue weighted by atomic mass is 9.92. The number of methoxy groups -OCH3 is 1. The molecule has 34 heavy (non-hydrogen) atoms. The third-order valence-corrected chi connectivity index (χ3v) is 6.55. The van der Waals surface area contributed by atoms with Gasteiger partial charge in [-0.15, -0.1) is 0 Å². The summed E-state index contributed by atoms with van der Waals surface area (Å²) < 4.78 is 18.7. The van der Waals surface area contributed by atoms with E-state index < -0.39 is 35.7 Å². The molecular formula is C25H29FN4O4. The van der Waals surface area contributed by atoms with E-state index in [0.29, 0.717) is 12.1 Å². The summed E-state index contributed by atoms with van der Waals surface area (Å²) in [6, 6.07) is 12.4. The van der Waals surface area contributed by atoms with Crippen LogP contribution in [0.25, 0.3) is 0 Å². The van der Waals surface area contributed by atoms with Gasteiger partial charge in [-0.2, -0.15) is 0 Å². The first-order valence-electron chi connectivity index (χ1n) is 11.4. The third kappa shape index (κ3) is 4.75. The van der Waals surface area contributed by atoms with E-state index in [1.165, 1.54) is 24.3 Å².